The number of hydrogen-bond donors (Lipinski definition) is 3. The van der Waals surface area contributed by atoms with Crippen LogP contribution in [0.5, 0.6) is 0 Å². The van der Waals surface area contributed by atoms with E-state index in [1.165, 1.54) is 11.3 Å². The van der Waals surface area contributed by atoms with Crippen molar-refractivity contribution in [1.29, 1.82) is 0 Å². The number of carboxylic acids is 1. The van der Waals surface area contributed by atoms with Crippen molar-refractivity contribution in [2.45, 2.75) is 44.9 Å². The van der Waals surface area contributed by atoms with Crippen molar-refractivity contribution in [2.24, 2.45) is 11.8 Å². The Morgan fingerprint density at radius 3 is 2.71 bits per heavy atom. The van der Waals surface area contributed by atoms with Gasteiger partial charge in [0.1, 0.15) is 16.3 Å². The second-order valence-corrected chi connectivity index (χ2v) is 9.73. The van der Waals surface area contributed by atoms with Gasteiger partial charge in [-0.1, -0.05) is 13.0 Å². The highest BCUT2D eigenvalue weighted by atomic mass is 32.1. The summed E-state index contributed by atoms with van der Waals surface area (Å²) in [6.45, 7) is 3.68. The highest BCUT2D eigenvalue weighted by Crippen LogP contribution is 2.45. The van der Waals surface area contributed by atoms with E-state index in [9.17, 15) is 28.2 Å². The van der Waals surface area contributed by atoms with Crippen molar-refractivity contribution >= 4 is 28.9 Å². The minimum atomic E-state index is -4.57. The van der Waals surface area contributed by atoms with Crippen LogP contribution in [-0.2, 0) is 16.6 Å². The number of hydrogen-bond acceptors (Lipinski definition) is 7. The van der Waals surface area contributed by atoms with E-state index in [0.29, 0.717) is 30.0 Å². The van der Waals surface area contributed by atoms with Crippen molar-refractivity contribution in [3.8, 4) is 10.4 Å². The zero-order valence-electron chi connectivity index (χ0n) is 18.4. The van der Waals surface area contributed by atoms with Gasteiger partial charge in [0.05, 0.1) is 10.8 Å². The number of nitrogens with zero attached hydrogens (tertiary/aromatic N) is 3. The molecule has 0 spiro atoms. The number of rotatable bonds is 5. The van der Waals surface area contributed by atoms with Crippen molar-refractivity contribution < 1.29 is 28.2 Å². The monoisotopic (exact) mass is 492 g/mol. The van der Waals surface area contributed by atoms with Gasteiger partial charge in [0.15, 0.2) is 0 Å². The molecule has 3 aromatic rings. The number of alkyl halides is 3. The topological polar surface area (TPSA) is 108 Å². The van der Waals surface area contributed by atoms with Crippen LogP contribution in [0.4, 0.5) is 24.8 Å². The van der Waals surface area contributed by atoms with Gasteiger partial charge >= 0.3 is 12.1 Å². The van der Waals surface area contributed by atoms with Crippen molar-refractivity contribution in [1.82, 2.24) is 15.0 Å². The average molecular weight is 493 g/mol. The summed E-state index contributed by atoms with van der Waals surface area (Å²) in [5, 5.41) is 23.9. The maximum atomic E-state index is 13.0. The third-order valence-corrected chi connectivity index (χ3v) is 7.24. The zero-order valence-corrected chi connectivity index (χ0v) is 19.2. The molecule has 0 aliphatic heterocycles. The van der Waals surface area contributed by atoms with E-state index in [0.717, 1.165) is 28.3 Å². The Kier molecular flexibility index (Phi) is 6.34. The van der Waals surface area contributed by atoms with Crippen LogP contribution in [0.15, 0.2) is 36.7 Å². The first-order chi connectivity index (χ1) is 15.9. The highest BCUT2D eigenvalue weighted by molar-refractivity contribution is 7.15. The molecule has 2 aromatic heterocycles. The lowest BCUT2D eigenvalue weighted by Crippen LogP contribution is -2.38. The second-order valence-electron chi connectivity index (χ2n) is 8.70. The van der Waals surface area contributed by atoms with Crippen LogP contribution in [0.2, 0.25) is 0 Å². The number of aliphatic hydroxyl groups is 1. The van der Waals surface area contributed by atoms with Gasteiger partial charge in [0, 0.05) is 18.1 Å². The smallest absolute Gasteiger partial charge is 0.433 e. The van der Waals surface area contributed by atoms with E-state index >= 15 is 0 Å². The zero-order chi connectivity index (χ0) is 24.7. The van der Waals surface area contributed by atoms with Gasteiger partial charge in [0.25, 0.3) is 0 Å². The van der Waals surface area contributed by atoms with Crippen LogP contribution >= 0.6 is 11.3 Å². The number of nitrogens with one attached hydrogen (secondary N) is 1. The van der Waals surface area contributed by atoms with E-state index in [4.69, 9.17) is 0 Å². The maximum Gasteiger partial charge on any atom is 0.433 e. The summed E-state index contributed by atoms with van der Waals surface area (Å²) in [6.07, 6.45) is -0.884. The SMILES string of the molecule is Cc1cc(Nc2nccc(C(F)(F)F)n2)cc(-c2cnc([C@]3(O)CC[C@@H](C(=O)O)[C@@H](C)C3)s2)c1. The maximum absolute atomic E-state index is 13.0. The Hall–Kier alpha value is -3.05. The summed E-state index contributed by atoms with van der Waals surface area (Å²) < 4.78 is 38.9. The molecule has 4 rings (SSSR count). The van der Waals surface area contributed by atoms with E-state index in [-0.39, 0.29) is 11.9 Å². The Morgan fingerprint density at radius 1 is 1.26 bits per heavy atom. The van der Waals surface area contributed by atoms with Gasteiger partial charge in [-0.25, -0.2) is 15.0 Å². The first-order valence-corrected chi connectivity index (χ1v) is 11.5. The Balaban J connectivity index is 1.57. The Morgan fingerprint density at radius 2 is 2.03 bits per heavy atom. The third kappa shape index (κ3) is 5.05. The Bertz CT molecular complexity index is 1220. The molecule has 2 heterocycles. The fourth-order valence-electron chi connectivity index (χ4n) is 4.34. The van der Waals surface area contributed by atoms with Crippen molar-refractivity contribution in [3.63, 3.8) is 0 Å². The van der Waals surface area contributed by atoms with Gasteiger partial charge in [-0.2, -0.15) is 13.2 Å². The summed E-state index contributed by atoms with van der Waals surface area (Å²) in [7, 11) is 0. The average Bonchev–Trinajstić information content (AvgIpc) is 3.24. The lowest BCUT2D eigenvalue weighted by Gasteiger charge is -2.37. The predicted molar refractivity (Wildman–Crippen MR) is 121 cm³/mol. The largest absolute Gasteiger partial charge is 0.481 e. The molecule has 3 N–H and O–H groups in total. The quantitative estimate of drug-likeness (QED) is 0.439. The molecular weight excluding hydrogens is 469 g/mol. The van der Waals surface area contributed by atoms with E-state index in [1.54, 1.807) is 18.3 Å². The van der Waals surface area contributed by atoms with Crippen molar-refractivity contribution in [3.05, 3.63) is 52.9 Å². The predicted octanol–water partition coefficient (Wildman–Crippen LogP) is 5.38. The molecule has 34 heavy (non-hydrogen) atoms. The minimum absolute atomic E-state index is 0.171. The first-order valence-electron chi connectivity index (χ1n) is 10.7. The summed E-state index contributed by atoms with van der Waals surface area (Å²) in [6, 6.07) is 6.23. The number of carboxylic acid groups (broad SMARTS) is 1. The van der Waals surface area contributed by atoms with E-state index in [2.05, 4.69) is 20.3 Å². The molecule has 0 bridgehead atoms. The number of thiazole rings is 1. The van der Waals surface area contributed by atoms with Gasteiger partial charge in [-0.15, -0.1) is 11.3 Å². The molecule has 180 valence electrons. The summed E-state index contributed by atoms with van der Waals surface area (Å²) >= 11 is 1.32. The Labute approximate surface area is 197 Å². The molecule has 1 fully saturated rings. The number of aromatic nitrogens is 3. The molecule has 7 nitrogen and oxygen atoms in total. The van der Waals surface area contributed by atoms with Crippen LogP contribution in [0.1, 0.15) is 42.5 Å². The first kappa shape index (κ1) is 24.1. The number of halogens is 3. The lowest BCUT2D eigenvalue weighted by atomic mass is 9.72. The van der Waals surface area contributed by atoms with Gasteiger partial charge in [0.2, 0.25) is 5.95 Å². The minimum Gasteiger partial charge on any atom is -0.481 e. The van der Waals surface area contributed by atoms with Crippen LogP contribution in [0.25, 0.3) is 10.4 Å². The number of carbonyl (C=O) groups is 1. The van der Waals surface area contributed by atoms with Gasteiger partial charge in [-0.05, 0) is 61.4 Å². The van der Waals surface area contributed by atoms with Crippen LogP contribution < -0.4 is 5.32 Å². The molecule has 1 aliphatic carbocycles. The number of benzene rings is 1. The molecule has 0 unspecified atom stereocenters. The number of aryl methyl sites for hydroxylation is 1. The van der Waals surface area contributed by atoms with E-state index < -0.39 is 29.4 Å². The van der Waals surface area contributed by atoms with Crippen molar-refractivity contribution in [2.75, 3.05) is 5.32 Å². The summed E-state index contributed by atoms with van der Waals surface area (Å²) in [5.41, 5.74) is -0.0839. The standard InChI is InChI=1S/C23H23F3N4O3S/c1-12-7-14(9-15(8-12)29-21-27-6-4-18(30-21)23(24,25)26)17-11-28-20(34-17)22(33)5-3-16(19(31)32)13(2)10-22/h4,6-9,11,13,16,33H,3,5,10H2,1-2H3,(H,31,32)(H,27,29,30)/t13-,16+,22-/m0/s1. The fraction of sp³-hybridized carbons (Fsp3) is 0.391. The molecule has 0 amide bonds. The molecule has 1 saturated carbocycles. The molecule has 11 heteroatoms. The molecule has 1 aliphatic rings. The summed E-state index contributed by atoms with van der Waals surface area (Å²) in [4.78, 5) is 24.0. The highest BCUT2D eigenvalue weighted by Gasteiger charge is 2.43. The lowest BCUT2D eigenvalue weighted by molar-refractivity contribution is -0.148. The molecule has 0 radical (unpaired) electrons. The van der Waals surface area contributed by atoms with Gasteiger partial charge < -0.3 is 15.5 Å². The van der Waals surface area contributed by atoms with Gasteiger partial charge in [-0.3, -0.25) is 4.79 Å². The number of anilines is 2. The normalized spacial score (nSPS) is 23.0. The second kappa shape index (κ2) is 8.95. The van der Waals surface area contributed by atoms with Crippen LogP contribution in [-0.4, -0.2) is 31.1 Å². The third-order valence-electron chi connectivity index (χ3n) is 6.00. The fourth-order valence-corrected chi connectivity index (χ4v) is 5.37. The van der Waals surface area contributed by atoms with Crippen LogP contribution in [0.3, 0.4) is 0 Å². The number of aliphatic carboxylic acids is 1. The summed E-state index contributed by atoms with van der Waals surface area (Å²) in [5.74, 6) is -1.69. The molecule has 3 atom stereocenters. The molecule has 1 aromatic carbocycles. The molecule has 0 saturated heterocycles. The van der Waals surface area contributed by atoms with E-state index in [1.807, 2.05) is 19.9 Å². The molecular formula is C23H23F3N4O3S. The van der Waals surface area contributed by atoms with Crippen LogP contribution in [0, 0.1) is 18.8 Å².